The highest BCUT2D eigenvalue weighted by atomic mass is 35.5. The number of anilines is 2. The monoisotopic (exact) mass is 453 g/mol. The number of nitrogens with one attached hydrogen (secondary N) is 2. The van der Waals surface area contributed by atoms with Gasteiger partial charge in [-0.1, -0.05) is 30.7 Å². The molecule has 0 saturated carbocycles. The number of benzene rings is 2. The molecule has 2 N–H and O–H groups in total. The van der Waals surface area contributed by atoms with Gasteiger partial charge in [0.2, 0.25) is 15.9 Å². The predicted octanol–water partition coefficient (Wildman–Crippen LogP) is 2.89. The van der Waals surface area contributed by atoms with E-state index in [0.717, 1.165) is 17.0 Å². The highest BCUT2D eigenvalue weighted by Gasteiger charge is 2.25. The quantitative estimate of drug-likeness (QED) is 0.607. The molecular weight excluding hydrogens is 430 g/mol. The summed E-state index contributed by atoms with van der Waals surface area (Å²) in [6.45, 7) is 1.90. The Morgan fingerprint density at radius 3 is 2.50 bits per heavy atom. The second kappa shape index (κ2) is 10.3. The maximum atomic E-state index is 12.7. The molecule has 0 aliphatic rings. The molecule has 0 bridgehead atoms. The SMILES string of the molecule is CCCNC(=O)c1ccccc1NC(=O)CN(c1cc(Cl)ccc1OC)S(C)(=O)=O. The molecule has 0 saturated heterocycles. The first-order valence-electron chi connectivity index (χ1n) is 9.15. The Morgan fingerprint density at radius 1 is 1.17 bits per heavy atom. The van der Waals surface area contributed by atoms with Crippen molar-refractivity contribution in [2.24, 2.45) is 0 Å². The Morgan fingerprint density at radius 2 is 1.87 bits per heavy atom. The summed E-state index contributed by atoms with van der Waals surface area (Å²) in [5.74, 6) is -0.709. The van der Waals surface area contributed by atoms with Crippen molar-refractivity contribution >= 4 is 44.8 Å². The van der Waals surface area contributed by atoms with Crippen molar-refractivity contribution in [1.29, 1.82) is 0 Å². The minimum absolute atomic E-state index is 0.136. The molecule has 10 heteroatoms. The van der Waals surface area contributed by atoms with Crippen LogP contribution in [0.2, 0.25) is 5.02 Å². The molecule has 0 aliphatic carbocycles. The number of rotatable bonds is 9. The van der Waals surface area contributed by atoms with Gasteiger partial charge < -0.3 is 15.4 Å². The summed E-state index contributed by atoms with van der Waals surface area (Å²) < 4.78 is 30.9. The highest BCUT2D eigenvalue weighted by Crippen LogP contribution is 2.32. The normalized spacial score (nSPS) is 10.9. The van der Waals surface area contributed by atoms with Crippen molar-refractivity contribution in [3.05, 3.63) is 53.1 Å². The molecule has 0 radical (unpaired) electrons. The predicted molar refractivity (Wildman–Crippen MR) is 118 cm³/mol. The van der Waals surface area contributed by atoms with E-state index in [0.29, 0.717) is 6.54 Å². The number of methoxy groups -OCH3 is 1. The lowest BCUT2D eigenvalue weighted by Gasteiger charge is -2.24. The van der Waals surface area contributed by atoms with E-state index in [4.69, 9.17) is 16.3 Å². The molecule has 2 rings (SSSR count). The first-order chi connectivity index (χ1) is 14.2. The number of carbonyl (C=O) groups is 2. The van der Waals surface area contributed by atoms with Crippen LogP contribution in [0.4, 0.5) is 11.4 Å². The fourth-order valence-electron chi connectivity index (χ4n) is 2.68. The zero-order valence-corrected chi connectivity index (χ0v) is 18.5. The number of sulfonamides is 1. The molecule has 0 fully saturated rings. The Kier molecular flexibility index (Phi) is 8.08. The highest BCUT2D eigenvalue weighted by molar-refractivity contribution is 7.92. The van der Waals surface area contributed by atoms with E-state index in [1.165, 1.54) is 19.2 Å². The van der Waals surface area contributed by atoms with Gasteiger partial charge in [-0.05, 0) is 36.8 Å². The standard InChI is InChI=1S/C20H24ClN3O5S/c1-4-11-22-20(26)15-7-5-6-8-16(15)23-19(25)13-24(30(3,27)28)17-12-14(21)9-10-18(17)29-2/h5-10,12H,4,11,13H2,1-3H3,(H,22,26)(H,23,25). The van der Waals surface area contributed by atoms with Gasteiger partial charge in [-0.3, -0.25) is 13.9 Å². The zero-order valence-electron chi connectivity index (χ0n) is 16.9. The van der Waals surface area contributed by atoms with Crippen molar-refractivity contribution in [2.75, 3.05) is 36.1 Å². The maximum Gasteiger partial charge on any atom is 0.253 e. The molecule has 2 aromatic carbocycles. The Hall–Kier alpha value is -2.78. The minimum atomic E-state index is -3.84. The van der Waals surface area contributed by atoms with Crippen LogP contribution in [0.15, 0.2) is 42.5 Å². The van der Waals surface area contributed by atoms with E-state index in [2.05, 4.69) is 10.6 Å². The smallest absolute Gasteiger partial charge is 0.253 e. The lowest BCUT2D eigenvalue weighted by Crippen LogP contribution is -2.38. The molecule has 2 amide bonds. The lowest BCUT2D eigenvalue weighted by molar-refractivity contribution is -0.114. The van der Waals surface area contributed by atoms with Crippen LogP contribution in [0, 0.1) is 0 Å². The Labute approximate surface area is 181 Å². The van der Waals surface area contributed by atoms with Gasteiger partial charge in [0, 0.05) is 11.6 Å². The molecule has 0 heterocycles. The summed E-state index contributed by atoms with van der Waals surface area (Å²) in [6, 6.07) is 11.0. The lowest BCUT2D eigenvalue weighted by atomic mass is 10.1. The van der Waals surface area contributed by atoms with Crippen molar-refractivity contribution in [3.63, 3.8) is 0 Å². The van der Waals surface area contributed by atoms with E-state index in [9.17, 15) is 18.0 Å². The maximum absolute atomic E-state index is 12.7. The van der Waals surface area contributed by atoms with Gasteiger partial charge in [-0.15, -0.1) is 0 Å². The molecular formula is C20H24ClN3O5S. The van der Waals surface area contributed by atoms with Crippen LogP contribution < -0.4 is 19.7 Å². The van der Waals surface area contributed by atoms with Gasteiger partial charge in [-0.25, -0.2) is 8.42 Å². The molecule has 0 aromatic heterocycles. The first-order valence-corrected chi connectivity index (χ1v) is 11.4. The van der Waals surface area contributed by atoms with Gasteiger partial charge in [0.1, 0.15) is 12.3 Å². The van der Waals surface area contributed by atoms with E-state index in [-0.39, 0.29) is 33.6 Å². The number of halogens is 1. The number of hydrogen-bond donors (Lipinski definition) is 2. The molecule has 0 unspecified atom stereocenters. The third kappa shape index (κ3) is 6.11. The molecule has 0 spiro atoms. The fourth-order valence-corrected chi connectivity index (χ4v) is 3.70. The second-order valence-corrected chi connectivity index (χ2v) is 8.78. The van der Waals surface area contributed by atoms with Crippen molar-refractivity contribution in [2.45, 2.75) is 13.3 Å². The summed E-state index contributed by atoms with van der Waals surface area (Å²) in [7, 11) is -2.45. The topological polar surface area (TPSA) is 105 Å². The molecule has 2 aromatic rings. The fraction of sp³-hybridized carbons (Fsp3) is 0.300. The van der Waals surface area contributed by atoms with Gasteiger partial charge >= 0.3 is 0 Å². The molecule has 30 heavy (non-hydrogen) atoms. The van der Waals surface area contributed by atoms with Gasteiger partial charge in [0.15, 0.2) is 0 Å². The second-order valence-electron chi connectivity index (χ2n) is 6.44. The number of amides is 2. The van der Waals surface area contributed by atoms with Gasteiger partial charge in [0.05, 0.1) is 30.3 Å². The number of para-hydroxylation sites is 1. The van der Waals surface area contributed by atoms with Crippen LogP contribution in [-0.4, -0.2) is 46.7 Å². The third-order valence-electron chi connectivity index (χ3n) is 4.08. The number of carbonyl (C=O) groups excluding carboxylic acids is 2. The summed E-state index contributed by atoms with van der Waals surface area (Å²) >= 11 is 6.01. The van der Waals surface area contributed by atoms with Gasteiger partial charge in [0.25, 0.3) is 5.91 Å². The average Bonchev–Trinajstić information content (AvgIpc) is 2.69. The van der Waals surface area contributed by atoms with Crippen molar-refractivity contribution < 1.29 is 22.7 Å². The summed E-state index contributed by atoms with van der Waals surface area (Å²) in [6.07, 6.45) is 1.75. The molecule has 8 nitrogen and oxygen atoms in total. The van der Waals surface area contributed by atoms with Crippen molar-refractivity contribution in [1.82, 2.24) is 5.32 Å². The third-order valence-corrected chi connectivity index (χ3v) is 5.44. The zero-order chi connectivity index (χ0) is 22.3. The van der Waals surface area contributed by atoms with Crippen LogP contribution in [0.25, 0.3) is 0 Å². The molecule has 0 aliphatic heterocycles. The van der Waals surface area contributed by atoms with E-state index in [1.807, 2.05) is 6.92 Å². The number of ether oxygens (including phenoxy) is 1. The van der Waals surface area contributed by atoms with Crippen molar-refractivity contribution in [3.8, 4) is 5.75 Å². The summed E-state index contributed by atoms with van der Waals surface area (Å²) in [4.78, 5) is 25.0. The summed E-state index contributed by atoms with van der Waals surface area (Å²) in [5, 5.41) is 5.65. The minimum Gasteiger partial charge on any atom is -0.495 e. The first kappa shape index (κ1) is 23.5. The number of nitrogens with zero attached hydrogens (tertiary/aromatic N) is 1. The molecule has 0 atom stereocenters. The summed E-state index contributed by atoms with van der Waals surface area (Å²) in [5.41, 5.74) is 0.699. The average molecular weight is 454 g/mol. The van der Waals surface area contributed by atoms with Crippen LogP contribution in [0.5, 0.6) is 5.75 Å². The van der Waals surface area contributed by atoms with Crippen LogP contribution >= 0.6 is 11.6 Å². The van der Waals surface area contributed by atoms with Crippen LogP contribution in [-0.2, 0) is 14.8 Å². The van der Waals surface area contributed by atoms with E-state index >= 15 is 0 Å². The van der Waals surface area contributed by atoms with Crippen LogP contribution in [0.1, 0.15) is 23.7 Å². The molecule has 162 valence electrons. The Balaban J connectivity index is 2.30. The number of hydrogen-bond acceptors (Lipinski definition) is 5. The Bertz CT molecular complexity index is 1030. The van der Waals surface area contributed by atoms with Crippen LogP contribution in [0.3, 0.4) is 0 Å². The van der Waals surface area contributed by atoms with E-state index < -0.39 is 22.5 Å². The largest absolute Gasteiger partial charge is 0.495 e. The van der Waals surface area contributed by atoms with E-state index in [1.54, 1.807) is 30.3 Å². The van der Waals surface area contributed by atoms with Gasteiger partial charge in [-0.2, -0.15) is 0 Å².